The number of allylic oxidation sites excluding steroid dienone is 1. The number of nitrogens with zero attached hydrogens (tertiary/aromatic N) is 2. The highest BCUT2D eigenvalue weighted by Gasteiger charge is 2.18. The van der Waals surface area contributed by atoms with E-state index in [4.69, 9.17) is 9.47 Å². The first-order chi connectivity index (χ1) is 14.9. The van der Waals surface area contributed by atoms with Crippen molar-refractivity contribution >= 4 is 29.2 Å². The lowest BCUT2D eigenvalue weighted by Gasteiger charge is -2.08. The fourth-order valence-electron chi connectivity index (χ4n) is 2.43. The number of azo groups is 1. The predicted octanol–water partition coefficient (Wildman–Crippen LogP) is 4.55. The first kappa shape index (κ1) is 23.3. The normalized spacial score (nSPS) is 11.6. The number of carbonyl (C=O) groups is 3. The first-order valence-corrected chi connectivity index (χ1v) is 9.53. The molecule has 2 aromatic carbocycles. The molecule has 0 aliphatic rings. The molecule has 0 aliphatic heterocycles. The molecule has 0 unspecified atom stereocenters. The van der Waals surface area contributed by atoms with Crippen molar-refractivity contribution in [3.05, 3.63) is 71.1 Å². The smallest absolute Gasteiger partial charge is 0.340 e. The molecular formula is C22H23N3O6. The molecular weight excluding hydrogens is 402 g/mol. The van der Waals surface area contributed by atoms with Crippen LogP contribution in [0.25, 0.3) is 0 Å². The molecule has 0 fully saturated rings. The lowest BCUT2D eigenvalue weighted by molar-refractivity contribution is -0.113. The second kappa shape index (κ2) is 11.2. The molecule has 2 N–H and O–H groups in total. The number of para-hydroxylation sites is 1. The number of aliphatic hydroxyl groups is 1. The summed E-state index contributed by atoms with van der Waals surface area (Å²) in [5, 5.41) is 20.3. The summed E-state index contributed by atoms with van der Waals surface area (Å²) >= 11 is 0. The minimum absolute atomic E-state index is 0.0183. The molecule has 0 heterocycles. The average molecular weight is 425 g/mol. The highest BCUT2D eigenvalue weighted by molar-refractivity contribution is 6.03. The fourth-order valence-corrected chi connectivity index (χ4v) is 2.43. The van der Waals surface area contributed by atoms with Gasteiger partial charge in [0.1, 0.15) is 11.4 Å². The lowest BCUT2D eigenvalue weighted by atomic mass is 10.1. The van der Waals surface area contributed by atoms with Crippen molar-refractivity contribution in [2.24, 2.45) is 10.2 Å². The number of rotatable bonds is 8. The van der Waals surface area contributed by atoms with Gasteiger partial charge in [0.05, 0.1) is 24.3 Å². The van der Waals surface area contributed by atoms with Crippen LogP contribution in [-0.2, 0) is 14.3 Å². The number of anilines is 1. The van der Waals surface area contributed by atoms with Crippen LogP contribution in [0, 0.1) is 0 Å². The van der Waals surface area contributed by atoms with Gasteiger partial charge in [-0.25, -0.2) is 9.59 Å². The summed E-state index contributed by atoms with van der Waals surface area (Å²) < 4.78 is 9.96. The van der Waals surface area contributed by atoms with Crippen LogP contribution in [0.3, 0.4) is 0 Å². The van der Waals surface area contributed by atoms with Crippen LogP contribution in [0.4, 0.5) is 11.4 Å². The minimum Gasteiger partial charge on any atom is -0.510 e. The van der Waals surface area contributed by atoms with E-state index < -0.39 is 17.8 Å². The van der Waals surface area contributed by atoms with Gasteiger partial charge in [0.2, 0.25) is 0 Å². The van der Waals surface area contributed by atoms with Crippen molar-refractivity contribution in [3.8, 4) is 0 Å². The number of hydrogen-bond acceptors (Lipinski definition) is 8. The Bertz CT molecular complexity index is 1010. The first-order valence-electron chi connectivity index (χ1n) is 9.53. The molecule has 1 amide bonds. The Morgan fingerprint density at radius 3 is 2.23 bits per heavy atom. The molecule has 0 bridgehead atoms. The van der Waals surface area contributed by atoms with E-state index in [0.717, 1.165) is 0 Å². The Kier molecular flexibility index (Phi) is 8.44. The Morgan fingerprint density at radius 1 is 0.968 bits per heavy atom. The molecule has 9 heteroatoms. The molecule has 0 radical (unpaired) electrons. The van der Waals surface area contributed by atoms with E-state index in [1.807, 2.05) is 0 Å². The van der Waals surface area contributed by atoms with E-state index in [9.17, 15) is 19.5 Å². The van der Waals surface area contributed by atoms with E-state index in [-0.39, 0.29) is 41.5 Å². The minimum atomic E-state index is -0.700. The van der Waals surface area contributed by atoms with Gasteiger partial charge in [-0.2, -0.15) is 0 Å². The number of benzene rings is 2. The zero-order chi connectivity index (χ0) is 22.8. The largest absolute Gasteiger partial charge is 0.510 e. The molecule has 0 saturated heterocycles. The van der Waals surface area contributed by atoms with Crippen molar-refractivity contribution in [2.45, 2.75) is 20.8 Å². The van der Waals surface area contributed by atoms with Crippen LogP contribution in [0.2, 0.25) is 0 Å². The quantitative estimate of drug-likeness (QED) is 0.276. The maximum atomic E-state index is 12.5. The molecule has 0 aliphatic carbocycles. The van der Waals surface area contributed by atoms with Gasteiger partial charge in [-0.1, -0.05) is 18.2 Å². The topological polar surface area (TPSA) is 127 Å². The SMILES string of the molecule is CCOC(=O)c1ccc(C(=O)OCC)c(N=NC(C(=O)Nc2ccccc2)=C(C)O)c1. The average Bonchev–Trinajstić information content (AvgIpc) is 2.74. The van der Waals surface area contributed by atoms with Gasteiger partial charge >= 0.3 is 11.9 Å². The predicted molar refractivity (Wildman–Crippen MR) is 113 cm³/mol. The summed E-state index contributed by atoms with van der Waals surface area (Å²) in [6.07, 6.45) is 0. The summed E-state index contributed by atoms with van der Waals surface area (Å²) in [5.74, 6) is -2.36. The van der Waals surface area contributed by atoms with Crippen LogP contribution >= 0.6 is 0 Å². The van der Waals surface area contributed by atoms with Crippen molar-refractivity contribution in [1.29, 1.82) is 0 Å². The number of ether oxygens (including phenoxy) is 2. The summed E-state index contributed by atoms with van der Waals surface area (Å²) in [6.45, 7) is 4.90. The molecule has 162 valence electrons. The van der Waals surface area contributed by atoms with E-state index in [1.54, 1.807) is 44.2 Å². The number of amides is 1. The Morgan fingerprint density at radius 2 is 1.61 bits per heavy atom. The Labute approximate surface area is 179 Å². The van der Waals surface area contributed by atoms with E-state index in [2.05, 4.69) is 15.5 Å². The van der Waals surface area contributed by atoms with Crippen molar-refractivity contribution in [2.75, 3.05) is 18.5 Å². The van der Waals surface area contributed by atoms with Crippen molar-refractivity contribution in [3.63, 3.8) is 0 Å². The van der Waals surface area contributed by atoms with Gasteiger partial charge in [0, 0.05) is 5.69 Å². The molecule has 2 aromatic rings. The van der Waals surface area contributed by atoms with Crippen LogP contribution in [0.15, 0.2) is 70.2 Å². The summed E-state index contributed by atoms with van der Waals surface area (Å²) in [5.41, 5.74) is 0.300. The van der Waals surface area contributed by atoms with Crippen LogP contribution in [0.5, 0.6) is 0 Å². The van der Waals surface area contributed by atoms with Gasteiger partial charge in [-0.3, -0.25) is 4.79 Å². The summed E-state index contributed by atoms with van der Waals surface area (Å²) in [7, 11) is 0. The van der Waals surface area contributed by atoms with E-state index >= 15 is 0 Å². The van der Waals surface area contributed by atoms with Gasteiger partial charge < -0.3 is 19.9 Å². The van der Waals surface area contributed by atoms with Gasteiger partial charge in [-0.05, 0) is 51.1 Å². The van der Waals surface area contributed by atoms with Crippen LogP contribution in [-0.4, -0.2) is 36.2 Å². The number of nitrogens with one attached hydrogen (secondary N) is 1. The Hall–Kier alpha value is -4.01. The third kappa shape index (κ3) is 6.49. The molecule has 0 atom stereocenters. The third-order valence-corrected chi connectivity index (χ3v) is 3.85. The van der Waals surface area contributed by atoms with Crippen LogP contribution < -0.4 is 5.32 Å². The number of hydrogen-bond donors (Lipinski definition) is 2. The fraction of sp³-hybridized carbons (Fsp3) is 0.227. The van der Waals surface area contributed by atoms with Crippen molar-refractivity contribution in [1.82, 2.24) is 0 Å². The maximum Gasteiger partial charge on any atom is 0.340 e. The highest BCUT2D eigenvalue weighted by Crippen LogP contribution is 2.25. The molecule has 0 spiro atoms. The molecule has 0 saturated carbocycles. The second-order valence-electron chi connectivity index (χ2n) is 6.13. The maximum absolute atomic E-state index is 12.5. The van der Waals surface area contributed by atoms with Gasteiger partial charge in [0.25, 0.3) is 5.91 Å². The molecule has 31 heavy (non-hydrogen) atoms. The Balaban J connectivity index is 2.40. The zero-order valence-electron chi connectivity index (χ0n) is 17.4. The van der Waals surface area contributed by atoms with Crippen LogP contribution in [0.1, 0.15) is 41.5 Å². The van der Waals surface area contributed by atoms with E-state index in [0.29, 0.717) is 5.69 Å². The molecule has 9 nitrogen and oxygen atoms in total. The zero-order valence-corrected chi connectivity index (χ0v) is 17.4. The lowest BCUT2D eigenvalue weighted by Crippen LogP contribution is -2.14. The summed E-state index contributed by atoms with van der Waals surface area (Å²) in [4.78, 5) is 36.8. The second-order valence-corrected chi connectivity index (χ2v) is 6.13. The molecule has 2 rings (SSSR count). The van der Waals surface area contributed by atoms with E-state index in [1.165, 1.54) is 25.1 Å². The van der Waals surface area contributed by atoms with Gasteiger partial charge in [-0.15, -0.1) is 10.2 Å². The highest BCUT2D eigenvalue weighted by atomic mass is 16.5. The number of esters is 2. The number of carbonyl (C=O) groups excluding carboxylic acids is 3. The van der Waals surface area contributed by atoms with Crippen molar-refractivity contribution < 1.29 is 29.0 Å². The third-order valence-electron chi connectivity index (χ3n) is 3.85. The summed E-state index contributed by atoms with van der Waals surface area (Å²) in [6, 6.07) is 12.7. The molecule has 0 aromatic heterocycles. The van der Waals surface area contributed by atoms with Gasteiger partial charge in [0.15, 0.2) is 5.70 Å². The monoisotopic (exact) mass is 425 g/mol. The number of aliphatic hydroxyl groups excluding tert-OH is 1. The standard InChI is InChI=1S/C22H23N3O6/c1-4-30-21(28)15-11-12-17(22(29)31-5-2)18(13-15)24-25-19(14(3)26)20(27)23-16-9-7-6-8-10-16/h6-13,26H,4-5H2,1-3H3,(H,23,27).